The summed E-state index contributed by atoms with van der Waals surface area (Å²) in [5.74, 6) is 0.184. The number of carbonyl (C=O) groups excluding carboxylic acids is 1. The first-order valence-electron chi connectivity index (χ1n) is 12.3. The van der Waals surface area contributed by atoms with E-state index in [1.165, 1.54) is 89.9 Å². The van der Waals surface area contributed by atoms with Gasteiger partial charge in [0.05, 0.1) is 0 Å². The smallest absolute Gasteiger partial charge is 0.220 e. The molecule has 0 aliphatic rings. The summed E-state index contributed by atoms with van der Waals surface area (Å²) in [6.07, 6.45) is 21.0. The van der Waals surface area contributed by atoms with E-state index < -0.39 is 0 Å². The van der Waals surface area contributed by atoms with Crippen LogP contribution in [0, 0.1) is 0 Å². The van der Waals surface area contributed by atoms with Gasteiger partial charge in [-0.25, -0.2) is 0 Å². The van der Waals surface area contributed by atoms with E-state index in [2.05, 4.69) is 24.5 Å². The highest BCUT2D eigenvalue weighted by Gasteiger charge is 2.05. The first-order valence-corrected chi connectivity index (χ1v) is 12.3. The van der Waals surface area contributed by atoms with E-state index in [9.17, 15) is 4.79 Å². The SMILES string of the molecule is CCCCCCCCCCCCCCCCCC(=O)NCC(C)NCC(C)N. The Kier molecular flexibility index (Phi) is 20.6. The number of hydrogen-bond acceptors (Lipinski definition) is 3. The highest BCUT2D eigenvalue weighted by molar-refractivity contribution is 5.75. The standard InChI is InChI=1S/C24H51N3O/c1-4-5-6-7-8-9-10-11-12-13-14-15-16-17-18-19-24(28)27-21-23(3)26-20-22(2)25/h22-23,26H,4-21,25H2,1-3H3,(H,27,28). The molecule has 0 aromatic carbocycles. The van der Waals surface area contributed by atoms with Gasteiger partial charge in [-0.2, -0.15) is 0 Å². The van der Waals surface area contributed by atoms with Crippen LogP contribution in [-0.2, 0) is 4.79 Å². The molecule has 0 aromatic rings. The molecule has 0 bridgehead atoms. The van der Waals surface area contributed by atoms with Gasteiger partial charge in [0.15, 0.2) is 0 Å². The average molecular weight is 398 g/mol. The second kappa shape index (κ2) is 21.1. The highest BCUT2D eigenvalue weighted by atomic mass is 16.1. The van der Waals surface area contributed by atoms with Crippen LogP contribution in [0.1, 0.15) is 124 Å². The molecule has 0 fully saturated rings. The Bertz CT molecular complexity index is 334. The third-order valence-electron chi connectivity index (χ3n) is 5.40. The Morgan fingerprint density at radius 2 is 1.14 bits per heavy atom. The molecular weight excluding hydrogens is 346 g/mol. The fourth-order valence-corrected chi connectivity index (χ4v) is 3.47. The molecule has 4 N–H and O–H groups in total. The topological polar surface area (TPSA) is 67.2 Å². The maximum atomic E-state index is 11.9. The van der Waals surface area contributed by atoms with Crippen molar-refractivity contribution < 1.29 is 4.79 Å². The van der Waals surface area contributed by atoms with Crippen LogP contribution in [0.5, 0.6) is 0 Å². The van der Waals surface area contributed by atoms with Crippen molar-refractivity contribution in [2.45, 2.75) is 136 Å². The summed E-state index contributed by atoms with van der Waals surface area (Å²) in [4.78, 5) is 11.9. The van der Waals surface area contributed by atoms with Crippen molar-refractivity contribution in [1.82, 2.24) is 10.6 Å². The average Bonchev–Trinajstić information content (AvgIpc) is 2.67. The number of nitrogens with one attached hydrogen (secondary N) is 2. The number of nitrogens with two attached hydrogens (primary N) is 1. The molecule has 0 radical (unpaired) electrons. The number of carbonyl (C=O) groups is 1. The second-order valence-electron chi connectivity index (χ2n) is 8.79. The van der Waals surface area contributed by atoms with Gasteiger partial charge in [0.2, 0.25) is 5.91 Å². The second-order valence-corrected chi connectivity index (χ2v) is 8.79. The van der Waals surface area contributed by atoms with Gasteiger partial charge in [0.1, 0.15) is 0 Å². The molecule has 1 amide bonds. The summed E-state index contributed by atoms with van der Waals surface area (Å²) in [7, 11) is 0. The van der Waals surface area contributed by atoms with Gasteiger partial charge in [-0.1, -0.05) is 96.8 Å². The van der Waals surface area contributed by atoms with Crippen molar-refractivity contribution in [3.8, 4) is 0 Å². The van der Waals surface area contributed by atoms with Crippen molar-refractivity contribution >= 4 is 5.91 Å². The Labute approximate surface area is 176 Å². The van der Waals surface area contributed by atoms with E-state index in [0.29, 0.717) is 13.0 Å². The predicted molar refractivity (Wildman–Crippen MR) is 124 cm³/mol. The maximum Gasteiger partial charge on any atom is 0.220 e. The largest absolute Gasteiger partial charge is 0.355 e. The van der Waals surface area contributed by atoms with E-state index in [-0.39, 0.29) is 18.0 Å². The van der Waals surface area contributed by atoms with Crippen LogP contribution in [-0.4, -0.2) is 31.1 Å². The van der Waals surface area contributed by atoms with E-state index >= 15 is 0 Å². The van der Waals surface area contributed by atoms with Crippen LogP contribution >= 0.6 is 0 Å². The fraction of sp³-hybridized carbons (Fsp3) is 0.958. The zero-order valence-electron chi connectivity index (χ0n) is 19.4. The number of amides is 1. The quantitative estimate of drug-likeness (QED) is 0.218. The minimum absolute atomic E-state index is 0.151. The Morgan fingerprint density at radius 3 is 1.57 bits per heavy atom. The summed E-state index contributed by atoms with van der Waals surface area (Å²) >= 11 is 0. The van der Waals surface area contributed by atoms with Crippen LogP contribution in [0.2, 0.25) is 0 Å². The molecule has 0 saturated carbocycles. The third kappa shape index (κ3) is 21.7. The van der Waals surface area contributed by atoms with Gasteiger partial charge in [0, 0.05) is 31.6 Å². The lowest BCUT2D eigenvalue weighted by molar-refractivity contribution is -0.121. The first kappa shape index (κ1) is 27.4. The van der Waals surface area contributed by atoms with Gasteiger partial charge in [0.25, 0.3) is 0 Å². The van der Waals surface area contributed by atoms with E-state index in [1.807, 2.05) is 6.92 Å². The lowest BCUT2D eigenvalue weighted by Crippen LogP contribution is -2.43. The lowest BCUT2D eigenvalue weighted by atomic mass is 10.0. The number of hydrogen-bond donors (Lipinski definition) is 3. The zero-order valence-corrected chi connectivity index (χ0v) is 19.4. The minimum Gasteiger partial charge on any atom is -0.355 e. The van der Waals surface area contributed by atoms with E-state index in [0.717, 1.165) is 13.0 Å². The van der Waals surface area contributed by atoms with E-state index in [1.54, 1.807) is 0 Å². The van der Waals surface area contributed by atoms with Crippen molar-refractivity contribution in [1.29, 1.82) is 0 Å². The summed E-state index contributed by atoms with van der Waals surface area (Å²) in [5, 5.41) is 6.33. The highest BCUT2D eigenvalue weighted by Crippen LogP contribution is 2.13. The van der Waals surface area contributed by atoms with Crippen LogP contribution in [0.25, 0.3) is 0 Å². The fourth-order valence-electron chi connectivity index (χ4n) is 3.47. The molecule has 0 aliphatic carbocycles. The molecule has 4 heteroatoms. The van der Waals surface area contributed by atoms with Crippen molar-refractivity contribution in [3.05, 3.63) is 0 Å². The van der Waals surface area contributed by atoms with Gasteiger partial charge in [-0.15, -0.1) is 0 Å². The van der Waals surface area contributed by atoms with Crippen molar-refractivity contribution in [3.63, 3.8) is 0 Å². The summed E-state index contributed by atoms with van der Waals surface area (Å²) < 4.78 is 0. The van der Waals surface area contributed by atoms with Crippen LogP contribution in [0.4, 0.5) is 0 Å². The Hall–Kier alpha value is -0.610. The van der Waals surface area contributed by atoms with E-state index in [4.69, 9.17) is 5.73 Å². The molecule has 0 aliphatic heterocycles. The van der Waals surface area contributed by atoms with Gasteiger partial charge in [-0.3, -0.25) is 4.79 Å². The molecule has 0 spiro atoms. The summed E-state index contributed by atoms with van der Waals surface area (Å²) in [5.41, 5.74) is 5.72. The molecular formula is C24H51N3O. The molecule has 4 nitrogen and oxygen atoms in total. The molecule has 0 rings (SSSR count). The molecule has 0 saturated heterocycles. The Morgan fingerprint density at radius 1 is 0.714 bits per heavy atom. The van der Waals surface area contributed by atoms with Gasteiger partial charge in [-0.05, 0) is 20.3 Å². The van der Waals surface area contributed by atoms with Gasteiger partial charge >= 0.3 is 0 Å². The summed E-state index contributed by atoms with van der Waals surface area (Å²) in [6.45, 7) is 7.81. The maximum absolute atomic E-state index is 11.9. The third-order valence-corrected chi connectivity index (χ3v) is 5.40. The first-order chi connectivity index (χ1) is 13.6. The minimum atomic E-state index is 0.151. The van der Waals surface area contributed by atoms with Crippen LogP contribution < -0.4 is 16.4 Å². The van der Waals surface area contributed by atoms with Gasteiger partial charge < -0.3 is 16.4 Å². The normalized spacial score (nSPS) is 13.4. The summed E-state index contributed by atoms with van der Waals surface area (Å²) in [6, 6.07) is 0.425. The molecule has 2 unspecified atom stereocenters. The number of rotatable bonds is 21. The lowest BCUT2D eigenvalue weighted by Gasteiger charge is -2.16. The Balaban J connectivity index is 3.23. The number of unbranched alkanes of at least 4 members (excludes halogenated alkanes) is 14. The zero-order chi connectivity index (χ0) is 20.9. The van der Waals surface area contributed by atoms with Crippen LogP contribution in [0.3, 0.4) is 0 Å². The molecule has 0 aromatic heterocycles. The molecule has 28 heavy (non-hydrogen) atoms. The molecule has 168 valence electrons. The van der Waals surface area contributed by atoms with Crippen molar-refractivity contribution in [2.24, 2.45) is 5.73 Å². The predicted octanol–water partition coefficient (Wildman–Crippen LogP) is 5.69. The van der Waals surface area contributed by atoms with Crippen LogP contribution in [0.15, 0.2) is 0 Å². The van der Waals surface area contributed by atoms with Crippen molar-refractivity contribution in [2.75, 3.05) is 13.1 Å². The molecule has 0 heterocycles. The molecule has 2 atom stereocenters. The monoisotopic (exact) mass is 397 g/mol.